The molecule has 2 atom stereocenters. The molecular weight excluding hydrogens is 334 g/mol. The Morgan fingerprint density at radius 3 is 2.72 bits per heavy atom. The van der Waals surface area contributed by atoms with Crippen molar-refractivity contribution in [2.75, 3.05) is 26.2 Å². The van der Waals surface area contributed by atoms with E-state index >= 15 is 0 Å². The smallest absolute Gasteiger partial charge is 0.244 e. The first-order valence-corrected chi connectivity index (χ1v) is 10.2. The van der Waals surface area contributed by atoms with E-state index < -0.39 is 10.0 Å². The van der Waals surface area contributed by atoms with Gasteiger partial charge in [-0.25, -0.2) is 8.42 Å². The fourth-order valence-corrected chi connectivity index (χ4v) is 5.47. The highest BCUT2D eigenvalue weighted by atomic mass is 32.2. The maximum atomic E-state index is 13.2. The molecule has 1 aromatic carbocycles. The molecule has 3 heterocycles. The number of nitrogens with zero attached hydrogens (tertiary/aromatic N) is 3. The van der Waals surface area contributed by atoms with E-state index in [1.807, 2.05) is 6.07 Å². The number of sulfonamides is 1. The van der Waals surface area contributed by atoms with E-state index in [4.69, 9.17) is 0 Å². The number of nitriles is 1. The van der Waals surface area contributed by atoms with E-state index in [1.165, 1.54) is 5.57 Å². The second-order valence-corrected chi connectivity index (χ2v) is 9.17. The lowest BCUT2D eigenvalue weighted by molar-refractivity contribution is 0.148. The highest BCUT2D eigenvalue weighted by Gasteiger charge is 2.39. The highest BCUT2D eigenvalue weighted by Crippen LogP contribution is 2.31. The minimum absolute atomic E-state index is 0.134. The lowest BCUT2D eigenvalue weighted by Crippen LogP contribution is -2.44. The fraction of sp³-hybridized carbons (Fsp3) is 0.526. The zero-order valence-corrected chi connectivity index (χ0v) is 15.7. The van der Waals surface area contributed by atoms with Crippen molar-refractivity contribution in [1.82, 2.24) is 9.21 Å². The molecule has 134 valence electrons. The third-order valence-electron chi connectivity index (χ3n) is 5.15. The molecule has 0 N–H and O–H groups in total. The van der Waals surface area contributed by atoms with Gasteiger partial charge in [-0.05, 0) is 44.7 Å². The van der Waals surface area contributed by atoms with Gasteiger partial charge in [0.25, 0.3) is 0 Å². The van der Waals surface area contributed by atoms with Gasteiger partial charge in [-0.15, -0.1) is 0 Å². The van der Waals surface area contributed by atoms with Crippen molar-refractivity contribution < 1.29 is 8.42 Å². The van der Waals surface area contributed by atoms with Crippen LogP contribution in [-0.2, 0) is 10.0 Å². The molecule has 0 saturated carbocycles. The largest absolute Gasteiger partial charge is 0.295 e. The summed E-state index contributed by atoms with van der Waals surface area (Å²) < 4.78 is 27.9. The van der Waals surface area contributed by atoms with Gasteiger partial charge in [0.1, 0.15) is 6.07 Å². The van der Waals surface area contributed by atoms with Crippen LogP contribution in [0.1, 0.15) is 32.3 Å². The Hall–Kier alpha value is -1.68. The van der Waals surface area contributed by atoms with E-state index in [0.29, 0.717) is 19.0 Å². The van der Waals surface area contributed by atoms with Crippen LogP contribution in [0, 0.1) is 17.2 Å². The number of fused-ring (bicyclic) bond motifs is 4. The molecule has 2 bridgehead atoms. The summed E-state index contributed by atoms with van der Waals surface area (Å²) in [6.07, 6.45) is 4.32. The molecule has 3 aliphatic rings. The van der Waals surface area contributed by atoms with Gasteiger partial charge in [0.15, 0.2) is 0 Å². The molecule has 3 saturated heterocycles. The van der Waals surface area contributed by atoms with Crippen LogP contribution in [-0.4, -0.2) is 49.8 Å². The second-order valence-electron chi connectivity index (χ2n) is 7.26. The normalized spacial score (nSPS) is 24.5. The molecule has 0 unspecified atom stereocenters. The summed E-state index contributed by atoms with van der Waals surface area (Å²) in [6, 6.07) is 8.75. The monoisotopic (exact) mass is 359 g/mol. The third kappa shape index (κ3) is 3.79. The molecule has 4 rings (SSSR count). The summed E-state index contributed by atoms with van der Waals surface area (Å²) in [5.41, 5.74) is 1.51. The van der Waals surface area contributed by atoms with Crippen molar-refractivity contribution in [3.8, 4) is 6.07 Å². The van der Waals surface area contributed by atoms with Crippen LogP contribution in [0.4, 0.5) is 0 Å². The molecule has 0 aromatic heterocycles. The first-order valence-electron chi connectivity index (χ1n) is 8.78. The minimum Gasteiger partial charge on any atom is -0.295 e. The predicted octanol–water partition coefficient (Wildman–Crippen LogP) is 2.61. The van der Waals surface area contributed by atoms with E-state index in [2.05, 4.69) is 24.8 Å². The number of benzene rings is 1. The van der Waals surface area contributed by atoms with Crippen LogP contribution >= 0.6 is 0 Å². The number of hydrogen-bond acceptors (Lipinski definition) is 4. The van der Waals surface area contributed by atoms with Crippen LogP contribution in [0.25, 0.3) is 0 Å². The Morgan fingerprint density at radius 1 is 1.24 bits per heavy atom. The Kier molecular flexibility index (Phi) is 5.28. The lowest BCUT2D eigenvalue weighted by Gasteiger charge is -2.35. The van der Waals surface area contributed by atoms with Crippen molar-refractivity contribution in [3.63, 3.8) is 0 Å². The average molecular weight is 359 g/mol. The molecule has 6 heteroatoms. The van der Waals surface area contributed by atoms with Crippen molar-refractivity contribution in [2.45, 2.75) is 37.6 Å². The molecule has 0 amide bonds. The first kappa shape index (κ1) is 18.1. The molecule has 5 nitrogen and oxygen atoms in total. The highest BCUT2D eigenvalue weighted by molar-refractivity contribution is 7.89. The molecule has 25 heavy (non-hydrogen) atoms. The zero-order valence-electron chi connectivity index (χ0n) is 14.9. The summed E-state index contributed by atoms with van der Waals surface area (Å²) in [6.45, 7) is 7.06. The minimum atomic E-state index is -3.64. The summed E-state index contributed by atoms with van der Waals surface area (Å²) in [5.74, 6) is 0.355. The van der Waals surface area contributed by atoms with E-state index in [9.17, 15) is 13.7 Å². The molecule has 3 aliphatic heterocycles. The quantitative estimate of drug-likeness (QED) is 0.775. The van der Waals surface area contributed by atoms with E-state index in [0.717, 1.165) is 25.9 Å². The lowest BCUT2D eigenvalue weighted by atomic mass is 9.95. The number of hydrogen-bond donors (Lipinski definition) is 0. The van der Waals surface area contributed by atoms with Crippen LogP contribution < -0.4 is 0 Å². The van der Waals surface area contributed by atoms with Crippen molar-refractivity contribution in [2.24, 2.45) is 5.92 Å². The van der Waals surface area contributed by atoms with Crippen LogP contribution in [0.15, 0.2) is 40.8 Å². The van der Waals surface area contributed by atoms with Gasteiger partial charge in [-0.2, -0.15) is 9.57 Å². The van der Waals surface area contributed by atoms with E-state index in [1.54, 1.807) is 28.6 Å². The average Bonchev–Trinajstić information content (AvgIpc) is 2.92. The number of allylic oxidation sites excluding steroid dienone is 1. The SMILES string of the molecule is CC(C)=CCN1C[C@@H]2CC[C@H]1CN(S(=O)(=O)c1ccccc1C#N)C2. The van der Waals surface area contributed by atoms with Gasteiger partial charge in [0, 0.05) is 32.2 Å². The molecule has 3 fully saturated rings. The number of piperidine rings is 1. The summed E-state index contributed by atoms with van der Waals surface area (Å²) in [5, 5.41) is 9.27. The molecule has 0 spiro atoms. The van der Waals surface area contributed by atoms with E-state index in [-0.39, 0.29) is 16.5 Å². The zero-order chi connectivity index (χ0) is 18.0. The maximum Gasteiger partial charge on any atom is 0.244 e. The third-order valence-corrected chi connectivity index (χ3v) is 7.04. The van der Waals surface area contributed by atoms with Gasteiger partial charge in [0.2, 0.25) is 10.0 Å². The van der Waals surface area contributed by atoms with Crippen molar-refractivity contribution >= 4 is 10.0 Å². The van der Waals surface area contributed by atoms with Gasteiger partial charge >= 0.3 is 0 Å². The standard InChI is InChI=1S/C19H25N3O2S/c1-15(2)9-10-21-12-16-7-8-18(21)14-22(13-16)25(23,24)19-6-4-3-5-17(19)11-20/h3-6,9,16,18H,7-8,10,12-14H2,1-2H3/t16-,18-/m0/s1. The molecular formula is C19H25N3O2S. The van der Waals surface area contributed by atoms with Crippen LogP contribution in [0.3, 0.4) is 0 Å². The summed E-state index contributed by atoms with van der Waals surface area (Å²) >= 11 is 0. The Morgan fingerprint density at radius 2 is 2.00 bits per heavy atom. The predicted molar refractivity (Wildman–Crippen MR) is 97.4 cm³/mol. The Bertz CT molecular complexity index is 806. The van der Waals surface area contributed by atoms with Crippen molar-refractivity contribution in [1.29, 1.82) is 5.26 Å². The molecule has 0 radical (unpaired) electrons. The van der Waals surface area contributed by atoms with Crippen LogP contribution in [0.2, 0.25) is 0 Å². The summed E-state index contributed by atoms with van der Waals surface area (Å²) in [4.78, 5) is 2.54. The fourth-order valence-electron chi connectivity index (χ4n) is 3.78. The topological polar surface area (TPSA) is 64.4 Å². The first-order chi connectivity index (χ1) is 11.9. The Labute approximate surface area is 150 Å². The molecule has 0 aliphatic carbocycles. The van der Waals surface area contributed by atoms with Gasteiger partial charge < -0.3 is 0 Å². The van der Waals surface area contributed by atoms with Gasteiger partial charge in [-0.3, -0.25) is 4.90 Å². The Balaban J connectivity index is 1.87. The number of rotatable bonds is 4. The molecule has 1 aromatic rings. The van der Waals surface area contributed by atoms with Gasteiger partial charge in [0.05, 0.1) is 10.5 Å². The summed E-state index contributed by atoms with van der Waals surface area (Å²) in [7, 11) is -3.64. The van der Waals surface area contributed by atoms with Gasteiger partial charge in [-0.1, -0.05) is 23.8 Å². The van der Waals surface area contributed by atoms with Crippen molar-refractivity contribution in [3.05, 3.63) is 41.5 Å². The second kappa shape index (κ2) is 7.28. The maximum absolute atomic E-state index is 13.2. The van der Waals surface area contributed by atoms with Crippen LogP contribution in [0.5, 0.6) is 0 Å².